The van der Waals surface area contributed by atoms with Crippen LogP contribution in [0.15, 0.2) is 11.2 Å². The summed E-state index contributed by atoms with van der Waals surface area (Å²) in [6.07, 6.45) is -1.15. The van der Waals surface area contributed by atoms with Gasteiger partial charge in [-0.15, -0.1) is 0 Å². The molecule has 1 saturated heterocycles. The van der Waals surface area contributed by atoms with Gasteiger partial charge in [0, 0.05) is 13.5 Å². The van der Waals surface area contributed by atoms with Gasteiger partial charge in [-0.05, 0) is 11.8 Å². The molecule has 1 aliphatic rings. The highest BCUT2D eigenvalue weighted by atomic mass is 32.2. The molecule has 0 aromatic carbocycles. The smallest absolute Gasteiger partial charge is 0.390 e. The fourth-order valence-electron chi connectivity index (χ4n) is 2.20. The Labute approximate surface area is 141 Å². The zero-order chi connectivity index (χ0) is 17.9. The molecule has 3 atom stereocenters. The molecule has 5 N–H and O–H groups in total. The number of aliphatic hydroxyl groups excluding tert-OH is 1. The number of phosphoric acid groups is 1. The third kappa shape index (κ3) is 4.63. The number of ether oxygens (including phenoxy) is 1. The number of hydrogen-bond donors (Lipinski definition) is 4. The summed E-state index contributed by atoms with van der Waals surface area (Å²) >= 11 is 0.813. The van der Waals surface area contributed by atoms with Crippen molar-refractivity contribution in [1.82, 2.24) is 9.97 Å². The minimum absolute atomic E-state index is 0.129. The van der Waals surface area contributed by atoms with E-state index < -0.39 is 32.9 Å². The molecule has 1 fully saturated rings. The number of rotatable bonds is 7. The molecule has 0 radical (unpaired) electrons. The Kier molecular flexibility index (Phi) is 6.15. The van der Waals surface area contributed by atoms with Crippen LogP contribution in [0.1, 0.15) is 6.42 Å². The molecular formula is C11H17N4O7PS. The van der Waals surface area contributed by atoms with Crippen LogP contribution < -0.4 is 10.6 Å². The second kappa shape index (κ2) is 7.74. The van der Waals surface area contributed by atoms with Crippen molar-refractivity contribution in [2.75, 3.05) is 24.3 Å². The largest absolute Gasteiger partial charge is 0.469 e. The summed E-state index contributed by atoms with van der Waals surface area (Å²) in [5, 5.41) is 9.98. The molecule has 0 amide bonds. The summed E-state index contributed by atoms with van der Waals surface area (Å²) in [7, 11) is -3.03. The molecule has 2 rings (SSSR count). The summed E-state index contributed by atoms with van der Waals surface area (Å²) in [5.41, 5.74) is 6.33. The number of nitrogens with two attached hydrogens (primary N) is 1. The summed E-state index contributed by atoms with van der Waals surface area (Å²) in [5.74, 6) is 0.470. The van der Waals surface area contributed by atoms with Gasteiger partial charge in [0.2, 0.25) is 0 Å². The first-order valence-electron chi connectivity index (χ1n) is 6.70. The van der Waals surface area contributed by atoms with Crippen LogP contribution in [-0.4, -0.2) is 62.6 Å². The Morgan fingerprint density at radius 1 is 1.58 bits per heavy atom. The normalized spacial score (nSPS) is 24.1. The number of nitrogen functional groups attached to an aromatic ring is 1. The molecule has 1 aromatic rings. The van der Waals surface area contributed by atoms with Gasteiger partial charge in [-0.2, -0.15) is 0 Å². The van der Waals surface area contributed by atoms with Crippen LogP contribution in [0.5, 0.6) is 0 Å². The first kappa shape index (κ1) is 19.1. The molecular weight excluding hydrogens is 363 g/mol. The summed E-state index contributed by atoms with van der Waals surface area (Å²) < 4.78 is 20.7. The van der Waals surface area contributed by atoms with Crippen LogP contribution in [0.2, 0.25) is 0 Å². The number of aliphatic hydroxyl groups is 1. The maximum Gasteiger partial charge on any atom is 0.469 e. The van der Waals surface area contributed by atoms with Crippen LogP contribution in [0, 0.1) is 0 Å². The second-order valence-corrected chi connectivity index (χ2v) is 7.03. The quantitative estimate of drug-likeness (QED) is 0.269. The van der Waals surface area contributed by atoms with E-state index in [9.17, 15) is 14.5 Å². The number of nitrogens with zero attached hydrogens (tertiary/aromatic N) is 3. The van der Waals surface area contributed by atoms with E-state index in [-0.39, 0.29) is 12.2 Å². The topological polar surface area (TPSA) is 168 Å². The standard InChI is InChI=1S/C11H17N4O7PS/c1-15(11-9(24-5-16)10(12)13-4-14-11)8-2-6(17)7(22-8)3-21-23(18,19)20/h4-8,17H,2-3H2,1H3,(H2,12,13,14)(H2,18,19,20)/t6-,7?,8?/m0/s1. The number of carbonyl (C=O) groups excluding carboxylic acids is 1. The molecule has 0 spiro atoms. The van der Waals surface area contributed by atoms with Crippen molar-refractivity contribution >= 4 is 36.8 Å². The molecule has 1 aromatic heterocycles. The van der Waals surface area contributed by atoms with Gasteiger partial charge in [0.1, 0.15) is 30.3 Å². The van der Waals surface area contributed by atoms with Crippen LogP contribution >= 0.6 is 19.6 Å². The molecule has 0 aliphatic carbocycles. The zero-order valence-electron chi connectivity index (χ0n) is 12.6. The molecule has 24 heavy (non-hydrogen) atoms. The average molecular weight is 380 g/mol. The Morgan fingerprint density at radius 2 is 2.29 bits per heavy atom. The lowest BCUT2D eigenvalue weighted by Crippen LogP contribution is -2.33. The maximum atomic E-state index is 10.8. The van der Waals surface area contributed by atoms with Crippen LogP contribution in [-0.2, 0) is 18.6 Å². The number of hydrogen-bond acceptors (Lipinski definition) is 10. The number of anilines is 2. The average Bonchev–Trinajstić information content (AvgIpc) is 2.87. The molecule has 134 valence electrons. The van der Waals surface area contributed by atoms with Gasteiger partial charge in [-0.3, -0.25) is 9.32 Å². The fourth-order valence-corrected chi connectivity index (χ4v) is 3.12. The third-order valence-electron chi connectivity index (χ3n) is 3.36. The second-order valence-electron chi connectivity index (χ2n) is 4.96. The van der Waals surface area contributed by atoms with Crippen molar-refractivity contribution in [2.24, 2.45) is 0 Å². The van der Waals surface area contributed by atoms with Crippen LogP contribution in [0.3, 0.4) is 0 Å². The van der Waals surface area contributed by atoms with E-state index in [0.29, 0.717) is 16.3 Å². The van der Waals surface area contributed by atoms with Gasteiger partial charge in [0.05, 0.1) is 17.6 Å². The van der Waals surface area contributed by atoms with Crippen molar-refractivity contribution in [2.45, 2.75) is 29.8 Å². The van der Waals surface area contributed by atoms with Crippen molar-refractivity contribution in [3.05, 3.63) is 6.33 Å². The first-order chi connectivity index (χ1) is 11.2. The maximum absolute atomic E-state index is 10.8. The van der Waals surface area contributed by atoms with Crippen molar-refractivity contribution in [3.63, 3.8) is 0 Å². The highest BCUT2D eigenvalue weighted by Gasteiger charge is 2.38. The summed E-state index contributed by atoms with van der Waals surface area (Å²) in [6, 6.07) is 0. The molecule has 0 saturated carbocycles. The van der Waals surface area contributed by atoms with E-state index in [1.165, 1.54) is 6.33 Å². The van der Waals surface area contributed by atoms with E-state index in [1.807, 2.05) is 0 Å². The molecule has 0 bridgehead atoms. The van der Waals surface area contributed by atoms with Gasteiger partial charge in [0.15, 0.2) is 5.62 Å². The van der Waals surface area contributed by atoms with Crippen molar-refractivity contribution in [1.29, 1.82) is 0 Å². The number of aromatic nitrogens is 2. The number of phosphoric ester groups is 1. The number of thioether (sulfide) groups is 1. The van der Waals surface area contributed by atoms with Crippen LogP contribution in [0.4, 0.5) is 11.6 Å². The Balaban J connectivity index is 2.11. The third-order valence-corrected chi connectivity index (χ3v) is 4.56. The van der Waals surface area contributed by atoms with Gasteiger partial charge < -0.3 is 30.3 Å². The van der Waals surface area contributed by atoms with E-state index in [4.69, 9.17) is 20.3 Å². The SMILES string of the molecule is CN(c1ncnc(N)c1SC=O)C1C[C@H](O)C(COP(=O)(O)O)O1. The molecule has 13 heteroatoms. The van der Waals surface area contributed by atoms with Gasteiger partial charge in [-0.25, -0.2) is 14.5 Å². The molecule has 1 aliphatic heterocycles. The Bertz CT molecular complexity index is 645. The first-order valence-corrected chi connectivity index (χ1v) is 9.11. The molecule has 11 nitrogen and oxygen atoms in total. The predicted octanol–water partition coefficient (Wildman–Crippen LogP) is -0.637. The summed E-state index contributed by atoms with van der Waals surface area (Å²) in [6.45, 7) is -0.461. The monoisotopic (exact) mass is 380 g/mol. The van der Waals surface area contributed by atoms with E-state index >= 15 is 0 Å². The minimum atomic E-state index is -4.65. The van der Waals surface area contributed by atoms with Crippen molar-refractivity contribution in [3.8, 4) is 0 Å². The lowest BCUT2D eigenvalue weighted by atomic mass is 10.2. The lowest BCUT2D eigenvalue weighted by molar-refractivity contribution is -0.0210. The van der Waals surface area contributed by atoms with Gasteiger partial charge in [-0.1, -0.05) is 0 Å². The predicted molar refractivity (Wildman–Crippen MR) is 84.7 cm³/mol. The zero-order valence-corrected chi connectivity index (χ0v) is 14.3. The highest BCUT2D eigenvalue weighted by molar-refractivity contribution is 8.12. The van der Waals surface area contributed by atoms with Gasteiger partial charge in [0.25, 0.3) is 0 Å². The molecule has 2 unspecified atom stereocenters. The van der Waals surface area contributed by atoms with Gasteiger partial charge >= 0.3 is 7.82 Å². The molecule has 2 heterocycles. The highest BCUT2D eigenvalue weighted by Crippen LogP contribution is 2.38. The van der Waals surface area contributed by atoms with E-state index in [0.717, 1.165) is 11.8 Å². The van der Waals surface area contributed by atoms with E-state index in [2.05, 4.69) is 14.5 Å². The lowest BCUT2D eigenvalue weighted by Gasteiger charge is -2.26. The minimum Gasteiger partial charge on any atom is -0.390 e. The number of carbonyl (C=O) groups is 1. The van der Waals surface area contributed by atoms with Crippen LogP contribution in [0.25, 0.3) is 0 Å². The van der Waals surface area contributed by atoms with Crippen molar-refractivity contribution < 1.29 is 33.5 Å². The fraction of sp³-hybridized carbons (Fsp3) is 0.545. The Hall–Kier alpha value is -1.27. The van der Waals surface area contributed by atoms with E-state index in [1.54, 1.807) is 11.9 Å². The summed E-state index contributed by atoms with van der Waals surface area (Å²) in [4.78, 5) is 38.0. The Morgan fingerprint density at radius 3 is 2.92 bits per heavy atom.